The normalized spacial score (nSPS) is 23.7. The molecule has 3 heterocycles. The monoisotopic (exact) mass is 375 g/mol. The zero-order valence-electron chi connectivity index (χ0n) is 14.5. The van der Waals surface area contributed by atoms with Gasteiger partial charge in [0.05, 0.1) is 19.3 Å². The van der Waals surface area contributed by atoms with Crippen LogP contribution in [0.15, 0.2) is 35.9 Å². The third-order valence-corrected chi connectivity index (χ3v) is 5.18. The van der Waals surface area contributed by atoms with Gasteiger partial charge in [-0.25, -0.2) is 0 Å². The van der Waals surface area contributed by atoms with Crippen molar-refractivity contribution in [3.63, 3.8) is 0 Å². The van der Waals surface area contributed by atoms with Crippen LogP contribution in [0.25, 0.3) is 6.08 Å². The summed E-state index contributed by atoms with van der Waals surface area (Å²) in [5.74, 6) is 0.802. The first kappa shape index (κ1) is 17.6. The lowest BCUT2D eigenvalue weighted by Crippen LogP contribution is -2.49. The molecule has 5 nitrogen and oxygen atoms in total. The second-order valence-corrected chi connectivity index (χ2v) is 7.16. The van der Waals surface area contributed by atoms with Crippen LogP contribution in [0.2, 0.25) is 5.02 Å². The Morgan fingerprint density at radius 1 is 1.23 bits per heavy atom. The maximum atomic E-state index is 12.7. The molecule has 26 heavy (non-hydrogen) atoms. The van der Waals surface area contributed by atoms with Crippen molar-refractivity contribution in [2.45, 2.75) is 31.6 Å². The van der Waals surface area contributed by atoms with E-state index in [1.807, 2.05) is 35.3 Å². The Kier molecular flexibility index (Phi) is 5.29. The molecule has 3 aliphatic rings. The molecule has 2 fully saturated rings. The van der Waals surface area contributed by atoms with Gasteiger partial charge in [-0.1, -0.05) is 17.7 Å². The lowest BCUT2D eigenvalue weighted by atomic mass is 10.0. The fraction of sp³-hybridized carbons (Fsp3) is 0.450. The van der Waals surface area contributed by atoms with Crippen LogP contribution in [0.5, 0.6) is 5.75 Å². The first-order valence-electron chi connectivity index (χ1n) is 9.05. The molecule has 1 atom stereocenters. The van der Waals surface area contributed by atoms with Crippen LogP contribution >= 0.6 is 11.6 Å². The zero-order valence-corrected chi connectivity index (χ0v) is 15.3. The van der Waals surface area contributed by atoms with Gasteiger partial charge in [-0.15, -0.1) is 0 Å². The molecular weight excluding hydrogens is 354 g/mol. The van der Waals surface area contributed by atoms with E-state index < -0.39 is 0 Å². The number of carbonyl (C=O) groups excluding carboxylic acids is 1. The summed E-state index contributed by atoms with van der Waals surface area (Å²) in [4.78, 5) is 14.6. The molecule has 0 spiro atoms. The molecule has 1 amide bonds. The molecule has 0 saturated carbocycles. The molecule has 0 radical (unpaired) electrons. The highest BCUT2D eigenvalue weighted by molar-refractivity contribution is 6.30. The predicted molar refractivity (Wildman–Crippen MR) is 99.1 cm³/mol. The van der Waals surface area contributed by atoms with Crippen LogP contribution in [-0.2, 0) is 14.3 Å². The number of rotatable bonds is 3. The molecule has 0 bridgehead atoms. The maximum absolute atomic E-state index is 12.7. The van der Waals surface area contributed by atoms with Gasteiger partial charge in [-0.05, 0) is 49.1 Å². The molecule has 6 heteroatoms. The van der Waals surface area contributed by atoms with E-state index >= 15 is 0 Å². The Morgan fingerprint density at radius 2 is 2.08 bits per heavy atom. The number of fused-ring (bicyclic) bond motifs is 1. The topological polar surface area (TPSA) is 48.0 Å². The number of benzene rings is 1. The summed E-state index contributed by atoms with van der Waals surface area (Å²) in [5.41, 5.74) is 1.87. The number of likely N-dealkylation sites (tertiary alicyclic amines) is 1. The lowest BCUT2D eigenvalue weighted by molar-refractivity contribution is -0.145. The zero-order chi connectivity index (χ0) is 17.9. The first-order valence-corrected chi connectivity index (χ1v) is 9.43. The molecule has 0 N–H and O–H groups in total. The van der Waals surface area contributed by atoms with Crippen molar-refractivity contribution >= 4 is 23.6 Å². The summed E-state index contributed by atoms with van der Waals surface area (Å²) in [6.45, 7) is 2.39. The van der Waals surface area contributed by atoms with Crippen LogP contribution in [0.4, 0.5) is 0 Å². The molecule has 2 saturated heterocycles. The van der Waals surface area contributed by atoms with E-state index in [2.05, 4.69) is 0 Å². The van der Waals surface area contributed by atoms with Crippen molar-refractivity contribution in [3.8, 4) is 5.75 Å². The minimum atomic E-state index is -0.293. The molecule has 4 rings (SSSR count). The van der Waals surface area contributed by atoms with Crippen LogP contribution in [0.1, 0.15) is 24.8 Å². The smallest absolute Gasteiger partial charge is 0.246 e. The third kappa shape index (κ3) is 3.80. The Morgan fingerprint density at radius 3 is 2.92 bits per heavy atom. The molecule has 0 aliphatic carbocycles. The van der Waals surface area contributed by atoms with Gasteiger partial charge in [0, 0.05) is 23.2 Å². The third-order valence-electron chi connectivity index (χ3n) is 4.94. The number of ether oxygens (including phenoxy) is 3. The predicted octanol–water partition coefficient (Wildman–Crippen LogP) is 3.43. The summed E-state index contributed by atoms with van der Waals surface area (Å²) in [6.07, 6.45) is 8.19. The van der Waals surface area contributed by atoms with Crippen molar-refractivity contribution in [2.75, 3.05) is 26.4 Å². The minimum absolute atomic E-state index is 0.000446. The number of hydrogen-bond donors (Lipinski definition) is 0. The number of carbonyl (C=O) groups is 1. The van der Waals surface area contributed by atoms with E-state index in [0.29, 0.717) is 24.8 Å². The quantitative estimate of drug-likeness (QED) is 0.759. The van der Waals surface area contributed by atoms with Gasteiger partial charge in [0.2, 0.25) is 5.91 Å². The van der Waals surface area contributed by atoms with Gasteiger partial charge in [-0.2, -0.15) is 0 Å². The van der Waals surface area contributed by atoms with Gasteiger partial charge < -0.3 is 19.1 Å². The summed E-state index contributed by atoms with van der Waals surface area (Å²) >= 11 is 6.04. The van der Waals surface area contributed by atoms with Gasteiger partial charge in [0.1, 0.15) is 12.4 Å². The molecule has 1 aromatic carbocycles. The van der Waals surface area contributed by atoms with Crippen molar-refractivity contribution in [2.24, 2.45) is 0 Å². The molecule has 138 valence electrons. The first-order chi connectivity index (χ1) is 12.7. The Balaban J connectivity index is 1.46. The SMILES string of the molecule is O=C(/C=C/C1=Cc2cc(Cl)ccc2OC1)N1CCCCC1C1OCCO1. The van der Waals surface area contributed by atoms with Gasteiger partial charge >= 0.3 is 0 Å². The average Bonchev–Trinajstić information content (AvgIpc) is 3.20. The molecule has 3 aliphatic heterocycles. The number of nitrogens with zero attached hydrogens (tertiary/aromatic N) is 1. The largest absolute Gasteiger partial charge is 0.488 e. The Labute approximate surface area is 158 Å². The van der Waals surface area contributed by atoms with E-state index in [1.54, 1.807) is 6.08 Å². The van der Waals surface area contributed by atoms with E-state index in [-0.39, 0.29) is 18.2 Å². The second-order valence-electron chi connectivity index (χ2n) is 6.73. The lowest BCUT2D eigenvalue weighted by Gasteiger charge is -2.37. The highest BCUT2D eigenvalue weighted by atomic mass is 35.5. The standard InChI is InChI=1S/C20H22ClNO4/c21-16-5-6-18-15(12-16)11-14(13-26-18)4-7-19(23)22-8-2-1-3-17(22)20-24-9-10-25-20/h4-7,11-12,17,20H,1-3,8-10,13H2/b7-4+. The second kappa shape index (κ2) is 7.82. The summed E-state index contributed by atoms with van der Waals surface area (Å²) in [6, 6.07) is 5.53. The van der Waals surface area contributed by atoms with Crippen LogP contribution in [0.3, 0.4) is 0 Å². The maximum Gasteiger partial charge on any atom is 0.246 e. The number of halogens is 1. The summed E-state index contributed by atoms with van der Waals surface area (Å²) in [5, 5.41) is 0.664. The fourth-order valence-electron chi connectivity index (χ4n) is 3.65. The fourth-order valence-corrected chi connectivity index (χ4v) is 3.83. The van der Waals surface area contributed by atoms with Crippen LogP contribution < -0.4 is 4.74 Å². The molecular formula is C20H22ClNO4. The average molecular weight is 376 g/mol. The number of piperidine rings is 1. The Bertz CT molecular complexity index is 739. The van der Waals surface area contributed by atoms with E-state index in [1.165, 1.54) is 0 Å². The van der Waals surface area contributed by atoms with E-state index in [0.717, 1.165) is 42.7 Å². The van der Waals surface area contributed by atoms with Gasteiger partial charge in [0.15, 0.2) is 6.29 Å². The summed E-state index contributed by atoms with van der Waals surface area (Å²) in [7, 11) is 0. The van der Waals surface area contributed by atoms with E-state index in [4.69, 9.17) is 25.8 Å². The van der Waals surface area contributed by atoms with Crippen molar-refractivity contribution in [1.82, 2.24) is 4.90 Å². The van der Waals surface area contributed by atoms with Crippen LogP contribution in [0, 0.1) is 0 Å². The van der Waals surface area contributed by atoms with E-state index in [9.17, 15) is 4.79 Å². The van der Waals surface area contributed by atoms with Crippen LogP contribution in [-0.4, -0.2) is 49.5 Å². The van der Waals surface area contributed by atoms with Gasteiger partial charge in [0.25, 0.3) is 0 Å². The minimum Gasteiger partial charge on any atom is -0.488 e. The van der Waals surface area contributed by atoms with Crippen molar-refractivity contribution in [3.05, 3.63) is 46.5 Å². The van der Waals surface area contributed by atoms with Crippen molar-refractivity contribution < 1.29 is 19.0 Å². The number of amides is 1. The molecule has 0 aromatic heterocycles. The number of hydrogen-bond acceptors (Lipinski definition) is 4. The Hall–Kier alpha value is -1.82. The van der Waals surface area contributed by atoms with Crippen molar-refractivity contribution in [1.29, 1.82) is 0 Å². The molecule has 1 aromatic rings. The highest BCUT2D eigenvalue weighted by Gasteiger charge is 2.35. The summed E-state index contributed by atoms with van der Waals surface area (Å²) < 4.78 is 17.0. The highest BCUT2D eigenvalue weighted by Crippen LogP contribution is 2.29. The van der Waals surface area contributed by atoms with Gasteiger partial charge in [-0.3, -0.25) is 4.79 Å². The molecule has 1 unspecified atom stereocenters.